The lowest BCUT2D eigenvalue weighted by molar-refractivity contribution is 0.0783. The van der Waals surface area contributed by atoms with Gasteiger partial charge < -0.3 is 24.8 Å². The van der Waals surface area contributed by atoms with Crippen molar-refractivity contribution in [3.8, 4) is 16.9 Å². The molecule has 38 heavy (non-hydrogen) atoms. The smallest absolute Gasteiger partial charge is 0.165 e. The van der Waals surface area contributed by atoms with Crippen molar-refractivity contribution in [1.82, 2.24) is 19.3 Å². The largest absolute Gasteiger partial charge is 0.487 e. The Kier molecular flexibility index (Phi) is 10.4. The number of nitrogens with one attached hydrogen (secondary N) is 1. The molecule has 5 rings (SSSR count). The molecule has 0 aliphatic heterocycles. The fourth-order valence-corrected chi connectivity index (χ4v) is 4.99. The van der Waals surface area contributed by atoms with E-state index >= 15 is 0 Å². The molecule has 0 radical (unpaired) electrons. The second-order valence-electron chi connectivity index (χ2n) is 9.33. The normalized spacial score (nSPS) is 17.9. The number of anilines is 1. The molecule has 0 saturated heterocycles. The summed E-state index contributed by atoms with van der Waals surface area (Å²) in [4.78, 5) is 4.60. The highest BCUT2D eigenvalue weighted by Crippen LogP contribution is 2.38. The number of aliphatic hydroxyl groups excluding tert-OH is 2. The van der Waals surface area contributed by atoms with Gasteiger partial charge in [-0.05, 0) is 44.7 Å². The van der Waals surface area contributed by atoms with Gasteiger partial charge in [-0.2, -0.15) is 5.10 Å². The Bertz CT molecular complexity index is 1320. The zero-order valence-corrected chi connectivity index (χ0v) is 22.8. The van der Waals surface area contributed by atoms with Gasteiger partial charge in [-0.1, -0.05) is 12.1 Å². The predicted molar refractivity (Wildman–Crippen MR) is 151 cm³/mol. The summed E-state index contributed by atoms with van der Waals surface area (Å²) >= 11 is 0. The third kappa shape index (κ3) is 6.40. The molecule has 0 spiro atoms. The number of hydrogen-bond donors (Lipinski definition) is 3. The number of nitrogens with zero attached hydrogens (tertiary/aromatic N) is 4. The molecular weight excluding hydrogens is 532 g/mol. The van der Waals surface area contributed by atoms with Crippen LogP contribution in [-0.2, 0) is 6.54 Å². The first-order valence-electron chi connectivity index (χ1n) is 12.5. The average Bonchev–Trinajstić information content (AvgIpc) is 3.50. The Balaban J connectivity index is 0.00000200. The van der Waals surface area contributed by atoms with Gasteiger partial charge >= 0.3 is 0 Å². The van der Waals surface area contributed by atoms with E-state index in [0.717, 1.165) is 60.1 Å². The van der Waals surface area contributed by atoms with E-state index in [4.69, 9.17) is 9.84 Å². The highest BCUT2D eigenvalue weighted by molar-refractivity contribution is 5.96. The zero-order chi connectivity index (χ0) is 25.1. The van der Waals surface area contributed by atoms with Gasteiger partial charge in [-0.3, -0.25) is 4.68 Å². The van der Waals surface area contributed by atoms with E-state index in [1.807, 2.05) is 19.3 Å². The molecule has 0 unspecified atom stereocenters. The number of benzene rings is 1. The molecule has 3 aromatic heterocycles. The molecule has 8 nitrogen and oxygen atoms in total. The van der Waals surface area contributed by atoms with E-state index in [1.54, 1.807) is 29.1 Å². The summed E-state index contributed by atoms with van der Waals surface area (Å²) in [5, 5.41) is 27.6. The van der Waals surface area contributed by atoms with Crippen LogP contribution in [0.1, 0.15) is 38.6 Å². The van der Waals surface area contributed by atoms with Crippen LogP contribution in [0.25, 0.3) is 22.0 Å². The van der Waals surface area contributed by atoms with E-state index in [9.17, 15) is 9.50 Å². The number of para-hydroxylation sites is 1. The Labute approximate surface area is 233 Å². The molecule has 1 atom stereocenters. The van der Waals surface area contributed by atoms with Gasteiger partial charge in [-0.25, -0.2) is 9.37 Å². The first kappa shape index (κ1) is 29.7. The van der Waals surface area contributed by atoms with Crippen LogP contribution in [0.4, 0.5) is 10.2 Å². The lowest BCUT2D eigenvalue weighted by atomic mass is 9.92. The third-order valence-electron chi connectivity index (χ3n) is 6.80. The van der Waals surface area contributed by atoms with Crippen LogP contribution in [0.5, 0.6) is 5.75 Å². The Hall–Kier alpha value is -2.85. The second-order valence-corrected chi connectivity index (χ2v) is 9.33. The summed E-state index contributed by atoms with van der Waals surface area (Å²) < 4.78 is 24.0. The van der Waals surface area contributed by atoms with E-state index in [-0.39, 0.29) is 55.9 Å². The van der Waals surface area contributed by atoms with Crippen LogP contribution >= 0.6 is 24.8 Å². The zero-order valence-electron chi connectivity index (χ0n) is 21.2. The van der Waals surface area contributed by atoms with Crippen LogP contribution in [0.2, 0.25) is 0 Å². The molecule has 206 valence electrons. The van der Waals surface area contributed by atoms with Crippen molar-refractivity contribution in [1.29, 1.82) is 0 Å². The molecule has 1 aliphatic rings. The molecule has 4 aromatic rings. The summed E-state index contributed by atoms with van der Waals surface area (Å²) in [6.07, 6.45) is 10.4. The van der Waals surface area contributed by atoms with Crippen molar-refractivity contribution in [3.05, 3.63) is 60.9 Å². The topological polar surface area (TPSA) is 97.4 Å². The van der Waals surface area contributed by atoms with E-state index < -0.39 is 6.10 Å². The minimum absolute atomic E-state index is 0. The number of rotatable bonds is 9. The van der Waals surface area contributed by atoms with Crippen molar-refractivity contribution in [3.63, 3.8) is 0 Å². The Morgan fingerprint density at radius 2 is 1.89 bits per heavy atom. The van der Waals surface area contributed by atoms with Crippen molar-refractivity contribution in [2.45, 2.75) is 57.4 Å². The monoisotopic (exact) mass is 565 g/mol. The summed E-state index contributed by atoms with van der Waals surface area (Å²) in [7, 11) is 0. The standard InChI is InChI=1S/C27H32FN5O3.2ClH/c1-2-29-27-11-25-22(13-30-27)23(18-12-31-32(14-18)15-20(35)17-34)16-33(25)19-7-9-21(10-8-19)36-26-6-4-3-5-24(26)28;;/h3-6,11-14,16,19-21,34-35H,2,7-10,15,17H2,1H3,(H,29,30);2*1H/t19?,20-,21?;;/m1../s1. The molecule has 0 amide bonds. The molecule has 3 heterocycles. The van der Waals surface area contributed by atoms with Crippen LogP contribution < -0.4 is 10.1 Å². The van der Waals surface area contributed by atoms with Crippen LogP contribution in [0.15, 0.2) is 55.1 Å². The molecule has 1 saturated carbocycles. The minimum atomic E-state index is -0.856. The summed E-state index contributed by atoms with van der Waals surface area (Å²) in [5.74, 6) is 0.824. The fraction of sp³-hybridized carbons (Fsp3) is 0.407. The molecule has 0 bridgehead atoms. The Morgan fingerprint density at radius 1 is 1.13 bits per heavy atom. The van der Waals surface area contributed by atoms with Gasteiger partial charge in [0.2, 0.25) is 0 Å². The highest BCUT2D eigenvalue weighted by atomic mass is 35.5. The van der Waals surface area contributed by atoms with Crippen molar-refractivity contribution in [2.75, 3.05) is 18.5 Å². The second kappa shape index (κ2) is 13.3. The average molecular weight is 567 g/mol. The first-order valence-corrected chi connectivity index (χ1v) is 12.5. The maximum Gasteiger partial charge on any atom is 0.165 e. The van der Waals surface area contributed by atoms with Gasteiger partial charge in [0.05, 0.1) is 37.1 Å². The van der Waals surface area contributed by atoms with E-state index in [1.165, 1.54) is 6.07 Å². The number of aliphatic hydroxyl groups is 2. The number of aromatic nitrogens is 4. The number of halogens is 3. The Morgan fingerprint density at radius 3 is 2.61 bits per heavy atom. The molecule has 11 heteroatoms. The van der Waals surface area contributed by atoms with Crippen LogP contribution in [-0.4, -0.2) is 54.9 Å². The minimum Gasteiger partial charge on any atom is -0.487 e. The maximum absolute atomic E-state index is 14.0. The van der Waals surface area contributed by atoms with Gasteiger partial charge in [0.1, 0.15) is 5.82 Å². The fourth-order valence-electron chi connectivity index (χ4n) is 4.99. The molecule has 1 aliphatic carbocycles. The van der Waals surface area contributed by atoms with Gasteiger partial charge in [0.25, 0.3) is 0 Å². The van der Waals surface area contributed by atoms with Gasteiger partial charge in [-0.15, -0.1) is 24.8 Å². The molecule has 3 N–H and O–H groups in total. The summed E-state index contributed by atoms with van der Waals surface area (Å²) in [5.41, 5.74) is 3.05. The van der Waals surface area contributed by atoms with Gasteiger partial charge in [0.15, 0.2) is 11.6 Å². The van der Waals surface area contributed by atoms with Gasteiger partial charge in [0, 0.05) is 53.8 Å². The quantitative estimate of drug-likeness (QED) is 0.257. The molecule has 1 aromatic carbocycles. The lowest BCUT2D eigenvalue weighted by Crippen LogP contribution is -2.25. The summed E-state index contributed by atoms with van der Waals surface area (Å²) in [6, 6.07) is 8.94. The summed E-state index contributed by atoms with van der Waals surface area (Å²) in [6.45, 7) is 2.74. The third-order valence-corrected chi connectivity index (χ3v) is 6.80. The number of hydrogen-bond acceptors (Lipinski definition) is 6. The molecule has 1 fully saturated rings. The highest BCUT2D eigenvalue weighted by Gasteiger charge is 2.26. The van der Waals surface area contributed by atoms with E-state index in [0.29, 0.717) is 5.75 Å². The van der Waals surface area contributed by atoms with Crippen LogP contribution in [0, 0.1) is 5.82 Å². The predicted octanol–water partition coefficient (Wildman–Crippen LogP) is 5.23. The first-order chi connectivity index (χ1) is 17.6. The molecular formula is C27H34Cl2FN5O3. The van der Waals surface area contributed by atoms with Crippen LogP contribution in [0.3, 0.4) is 0 Å². The van der Waals surface area contributed by atoms with E-state index in [2.05, 4.69) is 32.2 Å². The lowest BCUT2D eigenvalue weighted by Gasteiger charge is -2.30. The SMILES string of the molecule is CCNc1cc2c(cn1)c(-c1cnn(C[C@@H](O)CO)c1)cn2C1CCC(Oc2ccccc2F)CC1.Cl.Cl. The number of fused-ring (bicyclic) bond motifs is 1. The number of ether oxygens (including phenoxy) is 1. The maximum atomic E-state index is 14.0. The van der Waals surface area contributed by atoms with Crippen molar-refractivity contribution < 1.29 is 19.3 Å². The number of pyridine rings is 1. The van der Waals surface area contributed by atoms with Crippen molar-refractivity contribution >= 4 is 41.5 Å². The van der Waals surface area contributed by atoms with Crippen molar-refractivity contribution in [2.24, 2.45) is 0 Å².